The maximum Gasteiger partial charge on any atom is 0.257 e. The van der Waals surface area contributed by atoms with Crippen LogP contribution in [0.2, 0.25) is 0 Å². The van der Waals surface area contributed by atoms with Crippen LogP contribution in [-0.2, 0) is 4.79 Å². The lowest BCUT2D eigenvalue weighted by Gasteiger charge is -2.35. The van der Waals surface area contributed by atoms with E-state index in [1.807, 2.05) is 9.80 Å². The molecule has 0 unspecified atom stereocenters. The molecule has 5 nitrogen and oxygen atoms in total. The lowest BCUT2D eigenvalue weighted by Crippen LogP contribution is -2.51. The zero-order valence-corrected chi connectivity index (χ0v) is 14.9. The second-order valence-corrected chi connectivity index (χ2v) is 6.99. The molecule has 0 saturated carbocycles. The van der Waals surface area contributed by atoms with Crippen molar-refractivity contribution in [2.45, 2.75) is 25.7 Å². The first-order valence-corrected chi connectivity index (χ1v) is 9.29. The van der Waals surface area contributed by atoms with E-state index in [1.54, 1.807) is 0 Å². The van der Waals surface area contributed by atoms with Crippen molar-refractivity contribution in [2.75, 3.05) is 45.8 Å². The topological polar surface area (TPSA) is 43.9 Å². The minimum atomic E-state index is -0.713. The molecule has 0 N–H and O–H groups in total. The van der Waals surface area contributed by atoms with Crippen LogP contribution in [0, 0.1) is 11.6 Å². The van der Waals surface area contributed by atoms with Crippen molar-refractivity contribution in [1.29, 1.82) is 0 Å². The van der Waals surface area contributed by atoms with E-state index in [-0.39, 0.29) is 11.5 Å². The third-order valence-corrected chi connectivity index (χ3v) is 5.14. The summed E-state index contributed by atoms with van der Waals surface area (Å²) in [6.07, 6.45) is 4.49. The predicted octanol–water partition coefficient (Wildman–Crippen LogP) is 2.13. The maximum absolute atomic E-state index is 13.8. The predicted molar refractivity (Wildman–Crippen MR) is 93.7 cm³/mol. The van der Waals surface area contributed by atoms with Crippen molar-refractivity contribution >= 4 is 11.8 Å². The molecule has 1 aromatic rings. The van der Waals surface area contributed by atoms with Gasteiger partial charge in [-0.05, 0) is 31.0 Å². The number of hydrogen-bond donors (Lipinski definition) is 0. The third-order valence-electron chi connectivity index (χ3n) is 5.14. The summed E-state index contributed by atoms with van der Waals surface area (Å²) >= 11 is 0. The molecule has 2 amide bonds. The molecule has 0 aromatic heterocycles. The van der Waals surface area contributed by atoms with Gasteiger partial charge in [0.2, 0.25) is 5.91 Å². The number of amides is 2. The molecule has 0 aliphatic carbocycles. The molecule has 2 fully saturated rings. The molecule has 2 heterocycles. The lowest BCUT2D eigenvalue weighted by molar-refractivity contribution is -0.132. The maximum atomic E-state index is 13.8. The standard InChI is InChI=1S/C19H25F2N3O2/c20-15-5-6-17(21)16(13-15)19(26)24-11-9-22(10-12-24)14-18(25)23-7-3-1-2-4-8-23/h5-6,13H,1-4,7-12,14H2. The minimum Gasteiger partial charge on any atom is -0.342 e. The van der Waals surface area contributed by atoms with Crippen LogP contribution in [-0.4, -0.2) is 72.3 Å². The highest BCUT2D eigenvalue weighted by molar-refractivity contribution is 5.94. The van der Waals surface area contributed by atoms with Crippen LogP contribution >= 0.6 is 0 Å². The molecule has 2 aliphatic rings. The van der Waals surface area contributed by atoms with Crippen LogP contribution in [0.4, 0.5) is 8.78 Å². The summed E-state index contributed by atoms with van der Waals surface area (Å²) in [6.45, 7) is 3.94. The summed E-state index contributed by atoms with van der Waals surface area (Å²) in [5.41, 5.74) is -0.237. The van der Waals surface area contributed by atoms with Gasteiger partial charge in [-0.1, -0.05) is 12.8 Å². The molecule has 26 heavy (non-hydrogen) atoms. The van der Waals surface area contributed by atoms with Gasteiger partial charge in [0.15, 0.2) is 0 Å². The SMILES string of the molecule is O=C(CN1CCN(C(=O)c2cc(F)ccc2F)CC1)N1CCCCCC1. The molecular weight excluding hydrogens is 340 g/mol. The highest BCUT2D eigenvalue weighted by Crippen LogP contribution is 2.15. The van der Waals surface area contributed by atoms with Gasteiger partial charge in [0.1, 0.15) is 11.6 Å². The van der Waals surface area contributed by atoms with Crippen molar-refractivity contribution in [1.82, 2.24) is 14.7 Å². The van der Waals surface area contributed by atoms with Crippen molar-refractivity contribution in [3.05, 3.63) is 35.4 Å². The van der Waals surface area contributed by atoms with E-state index in [4.69, 9.17) is 0 Å². The fourth-order valence-electron chi connectivity index (χ4n) is 3.55. The third kappa shape index (κ3) is 4.58. The van der Waals surface area contributed by atoms with Gasteiger partial charge in [0.05, 0.1) is 12.1 Å². The Kier molecular flexibility index (Phi) is 6.19. The molecule has 2 saturated heterocycles. The quantitative estimate of drug-likeness (QED) is 0.824. The van der Waals surface area contributed by atoms with Gasteiger partial charge in [0, 0.05) is 39.3 Å². The van der Waals surface area contributed by atoms with Crippen LogP contribution in [0.3, 0.4) is 0 Å². The van der Waals surface area contributed by atoms with Crippen molar-refractivity contribution in [3.63, 3.8) is 0 Å². The number of carbonyl (C=O) groups is 2. The van der Waals surface area contributed by atoms with Gasteiger partial charge in [-0.3, -0.25) is 14.5 Å². The largest absolute Gasteiger partial charge is 0.342 e. The van der Waals surface area contributed by atoms with Crippen LogP contribution in [0.25, 0.3) is 0 Å². The van der Waals surface area contributed by atoms with E-state index in [1.165, 1.54) is 17.7 Å². The van der Waals surface area contributed by atoms with Crippen molar-refractivity contribution in [2.24, 2.45) is 0 Å². The number of piperazine rings is 1. The van der Waals surface area contributed by atoms with Gasteiger partial charge >= 0.3 is 0 Å². The van der Waals surface area contributed by atoms with Crippen LogP contribution in [0.1, 0.15) is 36.0 Å². The summed E-state index contributed by atoms with van der Waals surface area (Å²) in [6, 6.07) is 2.91. The van der Waals surface area contributed by atoms with E-state index in [2.05, 4.69) is 0 Å². The average molecular weight is 365 g/mol. The molecule has 3 rings (SSSR count). The Labute approximate surface area is 152 Å². The molecule has 1 aromatic carbocycles. The van der Waals surface area contributed by atoms with Crippen molar-refractivity contribution < 1.29 is 18.4 Å². The molecule has 142 valence electrons. The number of hydrogen-bond acceptors (Lipinski definition) is 3. The van der Waals surface area contributed by atoms with Gasteiger partial charge in [0.25, 0.3) is 5.91 Å². The molecule has 0 spiro atoms. The molecule has 7 heteroatoms. The Morgan fingerprint density at radius 3 is 2.15 bits per heavy atom. The fraction of sp³-hybridized carbons (Fsp3) is 0.579. The average Bonchev–Trinajstić information content (AvgIpc) is 2.93. The smallest absolute Gasteiger partial charge is 0.257 e. The molecule has 0 radical (unpaired) electrons. The first-order valence-electron chi connectivity index (χ1n) is 9.29. The van der Waals surface area contributed by atoms with Crippen LogP contribution in [0.15, 0.2) is 18.2 Å². The molecule has 0 atom stereocenters. The molecular formula is C19H25F2N3O2. The number of benzene rings is 1. The number of rotatable bonds is 3. The number of halogens is 2. The minimum absolute atomic E-state index is 0.142. The monoisotopic (exact) mass is 365 g/mol. The van der Waals surface area contributed by atoms with Crippen molar-refractivity contribution in [3.8, 4) is 0 Å². The fourth-order valence-corrected chi connectivity index (χ4v) is 3.55. The second-order valence-electron chi connectivity index (χ2n) is 6.99. The van der Waals surface area contributed by atoms with E-state index in [0.29, 0.717) is 32.7 Å². The van der Waals surface area contributed by atoms with Gasteiger partial charge in [-0.2, -0.15) is 0 Å². The highest BCUT2D eigenvalue weighted by Gasteiger charge is 2.26. The zero-order chi connectivity index (χ0) is 18.5. The Balaban J connectivity index is 1.51. The summed E-state index contributed by atoms with van der Waals surface area (Å²) in [5, 5.41) is 0. The van der Waals surface area contributed by atoms with E-state index < -0.39 is 17.5 Å². The first kappa shape index (κ1) is 18.8. The van der Waals surface area contributed by atoms with E-state index in [0.717, 1.165) is 44.1 Å². The normalized spacial score (nSPS) is 19.3. The highest BCUT2D eigenvalue weighted by atomic mass is 19.1. The summed E-state index contributed by atoms with van der Waals surface area (Å²) in [7, 11) is 0. The van der Waals surface area contributed by atoms with Gasteiger partial charge in [-0.15, -0.1) is 0 Å². The van der Waals surface area contributed by atoms with Crippen LogP contribution < -0.4 is 0 Å². The Morgan fingerprint density at radius 2 is 1.50 bits per heavy atom. The Bertz CT molecular complexity index is 652. The van der Waals surface area contributed by atoms with Crippen LogP contribution in [0.5, 0.6) is 0 Å². The summed E-state index contributed by atoms with van der Waals surface area (Å²) in [5.74, 6) is -1.70. The molecule has 0 bridgehead atoms. The van der Waals surface area contributed by atoms with E-state index >= 15 is 0 Å². The summed E-state index contributed by atoms with van der Waals surface area (Å²) < 4.78 is 27.1. The summed E-state index contributed by atoms with van der Waals surface area (Å²) in [4.78, 5) is 30.3. The second kappa shape index (κ2) is 8.58. The first-order chi connectivity index (χ1) is 12.5. The van der Waals surface area contributed by atoms with Gasteiger partial charge in [-0.25, -0.2) is 8.78 Å². The van der Waals surface area contributed by atoms with Gasteiger partial charge < -0.3 is 9.80 Å². The number of carbonyl (C=O) groups excluding carboxylic acids is 2. The lowest BCUT2D eigenvalue weighted by atomic mass is 10.1. The number of nitrogens with zero attached hydrogens (tertiary/aromatic N) is 3. The zero-order valence-electron chi connectivity index (χ0n) is 14.9. The molecule has 2 aliphatic heterocycles. The Hall–Kier alpha value is -2.02. The Morgan fingerprint density at radius 1 is 0.846 bits per heavy atom. The number of likely N-dealkylation sites (tertiary alicyclic amines) is 1. The van der Waals surface area contributed by atoms with E-state index in [9.17, 15) is 18.4 Å².